The van der Waals surface area contributed by atoms with Crippen LogP contribution in [-0.2, 0) is 0 Å². The molecule has 2 aromatic carbocycles. The van der Waals surface area contributed by atoms with Gasteiger partial charge in [-0.3, -0.25) is 4.79 Å². The lowest BCUT2D eigenvalue weighted by atomic mass is 10.1. The molecule has 0 saturated heterocycles. The number of benzene rings is 2. The number of hydrogen-bond donors (Lipinski definition) is 0. The molecule has 9 heteroatoms. The lowest BCUT2D eigenvalue weighted by Gasteiger charge is -2.11. The molecule has 24 heavy (non-hydrogen) atoms. The molecule has 0 bridgehead atoms. The summed E-state index contributed by atoms with van der Waals surface area (Å²) >= 11 is 1.59. The van der Waals surface area contributed by atoms with Gasteiger partial charge in [-0.05, 0) is 36.0 Å². The van der Waals surface area contributed by atoms with E-state index in [9.17, 15) is 18.0 Å². The van der Waals surface area contributed by atoms with E-state index in [1.54, 1.807) is 6.07 Å². The van der Waals surface area contributed by atoms with E-state index in [4.69, 9.17) is 13.1 Å². The van der Waals surface area contributed by atoms with Crippen molar-refractivity contribution in [2.24, 2.45) is 0 Å². The summed E-state index contributed by atoms with van der Waals surface area (Å²) in [7, 11) is 0. The van der Waals surface area contributed by atoms with Crippen molar-refractivity contribution in [1.29, 1.82) is 5.26 Å². The number of nitrogens with zero attached hydrogens (tertiary/aromatic N) is 1. The first-order valence-corrected chi connectivity index (χ1v) is 8.01. The van der Waals surface area contributed by atoms with Gasteiger partial charge in [-0.2, -0.15) is 14.0 Å². The molecule has 0 spiro atoms. The van der Waals surface area contributed by atoms with Crippen molar-refractivity contribution >= 4 is 40.6 Å². The Bertz CT molecular complexity index is 898. The molecule has 0 atom stereocenters. The fourth-order valence-corrected chi connectivity index (χ4v) is 3.61. The topological polar surface area (TPSA) is 59.3 Å². The zero-order valence-corrected chi connectivity index (χ0v) is 14.5. The maximum atomic E-state index is 13.7. The Kier molecular flexibility index (Phi) is 4.35. The highest BCUT2D eigenvalue weighted by Crippen LogP contribution is 2.54. The molecule has 0 saturated carbocycles. The Morgan fingerprint density at radius 3 is 2.58 bits per heavy atom. The van der Waals surface area contributed by atoms with Gasteiger partial charge in [0.25, 0.3) is 0 Å². The van der Waals surface area contributed by atoms with Crippen molar-refractivity contribution in [3.8, 4) is 23.3 Å². The molecular formula is C15H5F3INO3S. The Morgan fingerprint density at radius 1 is 1.21 bits per heavy atom. The number of alkyl halides is 2. The van der Waals surface area contributed by atoms with Gasteiger partial charge in [-0.25, -0.2) is 4.39 Å². The number of carbonyl (C=O) groups excluding carboxylic acids is 1. The van der Waals surface area contributed by atoms with Gasteiger partial charge >= 0.3 is 5.25 Å². The van der Waals surface area contributed by atoms with E-state index in [-0.39, 0.29) is 45.0 Å². The minimum absolute atomic E-state index is 0.0000996. The van der Waals surface area contributed by atoms with Crippen LogP contribution in [0.15, 0.2) is 35.2 Å². The molecule has 0 radical (unpaired) electrons. The molecular weight excluding hydrogens is 458 g/mol. The summed E-state index contributed by atoms with van der Waals surface area (Å²) in [4.78, 5) is 11.9. The van der Waals surface area contributed by atoms with Crippen LogP contribution >= 0.6 is 34.8 Å². The van der Waals surface area contributed by atoms with Crippen LogP contribution in [0, 0.1) is 17.1 Å². The lowest BCUT2D eigenvalue weighted by Crippen LogP contribution is -2.18. The third kappa shape index (κ3) is 2.91. The fraction of sp³-hybridized carbons (Fsp3) is 0.0667. The minimum atomic E-state index is -3.63. The Balaban J connectivity index is 2.09. The molecule has 0 aliphatic carbocycles. The summed E-state index contributed by atoms with van der Waals surface area (Å²) in [6.45, 7) is 0. The van der Waals surface area contributed by atoms with Crippen LogP contribution in [0.5, 0.6) is 17.2 Å². The monoisotopic (exact) mass is 463 g/mol. The second-order valence-corrected chi connectivity index (χ2v) is 6.25. The number of halogens is 4. The summed E-state index contributed by atoms with van der Waals surface area (Å²) in [5.74, 6) is -2.27. The third-order valence-electron chi connectivity index (χ3n) is 3.12. The Morgan fingerprint density at radius 2 is 1.92 bits per heavy atom. The average Bonchev–Trinajstić information content (AvgIpc) is 2.77. The van der Waals surface area contributed by atoms with Crippen LogP contribution in [0.4, 0.5) is 13.2 Å². The molecule has 2 aromatic rings. The number of carbonyl (C=O) groups is 1. The zero-order chi connectivity index (χ0) is 17.5. The summed E-state index contributed by atoms with van der Waals surface area (Å²) in [6, 6.07) is 7.63. The quantitative estimate of drug-likeness (QED) is 0.593. The number of Topliss-reactive ketones (excluding diaryl/α,β-unsaturated/α-hetero) is 1. The van der Waals surface area contributed by atoms with Crippen molar-refractivity contribution in [2.45, 2.75) is 10.2 Å². The SMILES string of the molecule is N#Cc1cc(F)cc(Oc2ccc(OI)c3c2C(=O)C(F)(F)S3)c1. The standard InChI is InChI=1S/C15H5F3INO3S/c16-8-3-7(6-20)4-9(5-8)22-10-1-2-11(23-19)13-12(10)14(21)15(17,18)24-13/h1-5H. The van der Waals surface area contributed by atoms with Crippen LogP contribution in [0.2, 0.25) is 0 Å². The molecule has 4 nitrogen and oxygen atoms in total. The van der Waals surface area contributed by atoms with Crippen molar-refractivity contribution in [1.82, 2.24) is 0 Å². The van der Waals surface area contributed by atoms with E-state index >= 15 is 0 Å². The maximum absolute atomic E-state index is 13.7. The molecule has 0 amide bonds. The highest BCUT2D eigenvalue weighted by molar-refractivity contribution is 14.1. The average molecular weight is 463 g/mol. The highest BCUT2D eigenvalue weighted by atomic mass is 127. The number of rotatable bonds is 3. The summed E-state index contributed by atoms with van der Waals surface area (Å²) < 4.78 is 51.3. The number of ketones is 1. The molecule has 1 heterocycles. The van der Waals surface area contributed by atoms with Crippen molar-refractivity contribution in [3.63, 3.8) is 0 Å². The Labute approximate surface area is 152 Å². The number of hydrogen-bond acceptors (Lipinski definition) is 5. The van der Waals surface area contributed by atoms with E-state index in [0.717, 1.165) is 12.1 Å². The molecule has 0 fully saturated rings. The van der Waals surface area contributed by atoms with E-state index in [2.05, 4.69) is 0 Å². The maximum Gasteiger partial charge on any atom is 0.360 e. The van der Waals surface area contributed by atoms with Gasteiger partial charge in [0.1, 0.15) is 23.1 Å². The molecule has 0 unspecified atom stereocenters. The van der Waals surface area contributed by atoms with E-state index in [1.807, 2.05) is 0 Å². The van der Waals surface area contributed by atoms with Gasteiger partial charge in [0.2, 0.25) is 5.78 Å². The van der Waals surface area contributed by atoms with E-state index in [0.29, 0.717) is 0 Å². The van der Waals surface area contributed by atoms with Gasteiger partial charge in [0, 0.05) is 6.07 Å². The molecule has 1 aliphatic heterocycles. The van der Waals surface area contributed by atoms with Crippen LogP contribution < -0.4 is 7.80 Å². The van der Waals surface area contributed by atoms with Crippen molar-refractivity contribution < 1.29 is 25.8 Å². The fourth-order valence-electron chi connectivity index (χ4n) is 2.14. The predicted octanol–water partition coefficient (Wildman–Crippen LogP) is 5.10. The van der Waals surface area contributed by atoms with Crippen LogP contribution in [-0.4, -0.2) is 11.0 Å². The third-order valence-corrected chi connectivity index (χ3v) is 4.64. The first-order chi connectivity index (χ1) is 11.4. The first-order valence-electron chi connectivity index (χ1n) is 6.31. The molecule has 122 valence electrons. The van der Waals surface area contributed by atoms with Gasteiger partial charge in [0.15, 0.2) is 23.0 Å². The van der Waals surface area contributed by atoms with Crippen molar-refractivity contribution in [2.75, 3.05) is 0 Å². The second-order valence-electron chi connectivity index (χ2n) is 4.68. The minimum Gasteiger partial charge on any atom is -0.456 e. The van der Waals surface area contributed by atoms with Gasteiger partial charge in [-0.1, -0.05) is 0 Å². The largest absolute Gasteiger partial charge is 0.456 e. The number of fused-ring (bicyclic) bond motifs is 1. The molecule has 3 rings (SSSR count). The van der Waals surface area contributed by atoms with Crippen LogP contribution in [0.25, 0.3) is 0 Å². The number of nitriles is 1. The van der Waals surface area contributed by atoms with Gasteiger partial charge in [-0.15, -0.1) is 0 Å². The van der Waals surface area contributed by atoms with Crippen LogP contribution in [0.1, 0.15) is 15.9 Å². The summed E-state index contributed by atoms with van der Waals surface area (Å²) in [6.07, 6.45) is 0. The summed E-state index contributed by atoms with van der Waals surface area (Å²) in [5, 5.41) is 5.21. The normalized spacial score (nSPS) is 14.9. The first kappa shape index (κ1) is 16.9. The smallest absolute Gasteiger partial charge is 0.360 e. The molecule has 0 aromatic heterocycles. The van der Waals surface area contributed by atoms with Gasteiger partial charge < -0.3 is 7.80 Å². The van der Waals surface area contributed by atoms with Crippen LogP contribution in [0.3, 0.4) is 0 Å². The number of thioether (sulfide) groups is 1. The second kappa shape index (κ2) is 6.18. The van der Waals surface area contributed by atoms with Crippen molar-refractivity contribution in [3.05, 3.63) is 47.3 Å². The zero-order valence-electron chi connectivity index (χ0n) is 11.5. The summed E-state index contributed by atoms with van der Waals surface area (Å²) in [5.41, 5.74) is -0.332. The van der Waals surface area contributed by atoms with E-state index < -0.39 is 16.9 Å². The number of ether oxygens (including phenoxy) is 1. The molecule has 1 aliphatic rings. The molecule has 0 N–H and O–H groups in total. The Hall–Kier alpha value is -1.93. The lowest BCUT2D eigenvalue weighted by molar-refractivity contribution is 0.0580. The highest BCUT2D eigenvalue weighted by Gasteiger charge is 2.51. The predicted molar refractivity (Wildman–Crippen MR) is 87.4 cm³/mol. The van der Waals surface area contributed by atoms with E-state index in [1.165, 1.54) is 41.2 Å². The van der Waals surface area contributed by atoms with Gasteiger partial charge in [0.05, 0.1) is 22.1 Å².